The van der Waals surface area contributed by atoms with Crippen LogP contribution in [0.3, 0.4) is 0 Å². The molecule has 0 aliphatic carbocycles. The quantitative estimate of drug-likeness (QED) is 0.718. The van der Waals surface area contributed by atoms with E-state index < -0.39 is 6.29 Å². The molecular weight excluding hydrogens is 196 g/mol. The Hall–Kier alpha value is -1.33. The van der Waals surface area contributed by atoms with Crippen LogP contribution in [0.4, 0.5) is 0 Å². The van der Waals surface area contributed by atoms with Crippen molar-refractivity contribution < 1.29 is 14.3 Å². The van der Waals surface area contributed by atoms with Gasteiger partial charge in [0.15, 0.2) is 6.29 Å². The van der Waals surface area contributed by atoms with E-state index in [4.69, 9.17) is 9.47 Å². The molecule has 5 nitrogen and oxygen atoms in total. The number of aromatic nitrogens is 1. The van der Waals surface area contributed by atoms with Crippen LogP contribution >= 0.6 is 0 Å². The third-order valence-corrected chi connectivity index (χ3v) is 2.13. The largest absolute Gasteiger partial charge is 0.354 e. The van der Waals surface area contributed by atoms with E-state index in [1.807, 2.05) is 19.3 Å². The lowest BCUT2D eigenvalue weighted by atomic mass is 10.4. The van der Waals surface area contributed by atoms with Crippen LogP contribution in [-0.2, 0) is 16.5 Å². The zero-order chi connectivity index (χ0) is 11.3. The standard InChI is InChI=1S/C10H16N2O3/c1-12-6-4-5-8(12)10(13)11-7-9(14-2)15-3/h4-6,9H,7H2,1-3H3,(H,11,13). The Labute approximate surface area is 89.0 Å². The highest BCUT2D eigenvalue weighted by Gasteiger charge is 2.11. The summed E-state index contributed by atoms with van der Waals surface area (Å²) < 4.78 is 11.7. The van der Waals surface area contributed by atoms with E-state index in [0.29, 0.717) is 12.2 Å². The topological polar surface area (TPSA) is 52.5 Å². The molecule has 0 aliphatic rings. The number of ether oxygens (including phenoxy) is 2. The molecule has 0 radical (unpaired) electrons. The molecule has 0 unspecified atom stereocenters. The van der Waals surface area contributed by atoms with Gasteiger partial charge in [0, 0.05) is 27.5 Å². The van der Waals surface area contributed by atoms with Gasteiger partial charge in [0.25, 0.3) is 5.91 Å². The number of amides is 1. The van der Waals surface area contributed by atoms with Crippen molar-refractivity contribution in [3.05, 3.63) is 24.0 Å². The molecule has 0 spiro atoms. The van der Waals surface area contributed by atoms with Crippen molar-refractivity contribution >= 4 is 5.91 Å². The van der Waals surface area contributed by atoms with Gasteiger partial charge in [0.1, 0.15) is 5.69 Å². The molecule has 0 aliphatic heterocycles. The molecule has 1 aromatic rings. The fourth-order valence-electron chi connectivity index (χ4n) is 1.23. The molecule has 5 heteroatoms. The maximum Gasteiger partial charge on any atom is 0.268 e. The molecule has 1 rings (SSSR count). The Balaban J connectivity index is 2.47. The first-order chi connectivity index (χ1) is 7.19. The predicted octanol–water partition coefficient (Wildman–Crippen LogP) is 0.374. The van der Waals surface area contributed by atoms with Crippen LogP contribution < -0.4 is 5.32 Å². The second-order valence-electron chi connectivity index (χ2n) is 3.12. The fourth-order valence-corrected chi connectivity index (χ4v) is 1.23. The maximum absolute atomic E-state index is 11.6. The van der Waals surface area contributed by atoms with Crippen molar-refractivity contribution in [2.75, 3.05) is 20.8 Å². The van der Waals surface area contributed by atoms with Crippen LogP contribution in [0.5, 0.6) is 0 Å². The number of methoxy groups -OCH3 is 2. The van der Waals surface area contributed by atoms with Crippen molar-refractivity contribution in [2.24, 2.45) is 7.05 Å². The van der Waals surface area contributed by atoms with Gasteiger partial charge in [-0.25, -0.2) is 0 Å². The van der Waals surface area contributed by atoms with Crippen molar-refractivity contribution in [1.82, 2.24) is 9.88 Å². The second kappa shape index (κ2) is 5.53. The Morgan fingerprint density at radius 1 is 1.53 bits per heavy atom. The Morgan fingerprint density at radius 2 is 2.20 bits per heavy atom. The van der Waals surface area contributed by atoms with Crippen molar-refractivity contribution in [2.45, 2.75) is 6.29 Å². The second-order valence-corrected chi connectivity index (χ2v) is 3.12. The van der Waals surface area contributed by atoms with Gasteiger partial charge in [-0.15, -0.1) is 0 Å². The Kier molecular flexibility index (Phi) is 4.33. The van der Waals surface area contributed by atoms with Gasteiger partial charge in [-0.2, -0.15) is 0 Å². The summed E-state index contributed by atoms with van der Waals surface area (Å²) in [5, 5.41) is 2.72. The number of aryl methyl sites for hydroxylation is 1. The minimum absolute atomic E-state index is 0.137. The summed E-state index contributed by atoms with van der Waals surface area (Å²) in [7, 11) is 4.88. The van der Waals surface area contributed by atoms with Gasteiger partial charge in [0.2, 0.25) is 0 Å². The highest BCUT2D eigenvalue weighted by molar-refractivity contribution is 5.92. The van der Waals surface area contributed by atoms with Crippen LogP contribution in [0, 0.1) is 0 Å². The van der Waals surface area contributed by atoms with Gasteiger partial charge in [-0.1, -0.05) is 0 Å². The van der Waals surface area contributed by atoms with E-state index in [1.165, 1.54) is 14.2 Å². The number of carbonyl (C=O) groups excluding carboxylic acids is 1. The number of hydrogen-bond donors (Lipinski definition) is 1. The molecule has 84 valence electrons. The highest BCUT2D eigenvalue weighted by atomic mass is 16.7. The van der Waals surface area contributed by atoms with Gasteiger partial charge >= 0.3 is 0 Å². The first-order valence-electron chi connectivity index (χ1n) is 4.64. The molecule has 1 N–H and O–H groups in total. The molecule has 1 amide bonds. The fraction of sp³-hybridized carbons (Fsp3) is 0.500. The third kappa shape index (κ3) is 3.07. The average molecular weight is 212 g/mol. The molecule has 0 aromatic carbocycles. The molecular formula is C10H16N2O3. The van der Waals surface area contributed by atoms with E-state index in [-0.39, 0.29) is 5.91 Å². The van der Waals surface area contributed by atoms with Crippen LogP contribution in [0.1, 0.15) is 10.5 Å². The van der Waals surface area contributed by atoms with Gasteiger partial charge in [-0.05, 0) is 12.1 Å². The zero-order valence-corrected chi connectivity index (χ0v) is 9.19. The molecule has 1 heterocycles. The first-order valence-corrected chi connectivity index (χ1v) is 4.64. The molecule has 15 heavy (non-hydrogen) atoms. The summed E-state index contributed by atoms with van der Waals surface area (Å²) in [6, 6.07) is 3.57. The summed E-state index contributed by atoms with van der Waals surface area (Å²) >= 11 is 0. The minimum Gasteiger partial charge on any atom is -0.354 e. The highest BCUT2D eigenvalue weighted by Crippen LogP contribution is 1.99. The van der Waals surface area contributed by atoms with Crippen LogP contribution in [0.25, 0.3) is 0 Å². The smallest absolute Gasteiger partial charge is 0.268 e. The van der Waals surface area contributed by atoms with Crippen LogP contribution in [-0.4, -0.2) is 37.5 Å². The van der Waals surface area contributed by atoms with Crippen molar-refractivity contribution in [3.8, 4) is 0 Å². The summed E-state index contributed by atoms with van der Waals surface area (Å²) in [6.45, 7) is 0.330. The number of rotatable bonds is 5. The lowest BCUT2D eigenvalue weighted by molar-refractivity contribution is -0.0974. The molecule has 1 aromatic heterocycles. The van der Waals surface area contributed by atoms with E-state index >= 15 is 0 Å². The average Bonchev–Trinajstić information content (AvgIpc) is 2.66. The number of nitrogens with zero attached hydrogens (tertiary/aromatic N) is 1. The molecule has 0 bridgehead atoms. The number of carbonyl (C=O) groups is 1. The molecule has 0 saturated carbocycles. The van der Waals surface area contributed by atoms with Crippen molar-refractivity contribution in [1.29, 1.82) is 0 Å². The Morgan fingerprint density at radius 3 is 2.67 bits per heavy atom. The lowest BCUT2D eigenvalue weighted by Gasteiger charge is -2.14. The lowest BCUT2D eigenvalue weighted by Crippen LogP contribution is -2.34. The van der Waals surface area contributed by atoms with E-state index in [9.17, 15) is 4.79 Å². The van der Waals surface area contributed by atoms with Gasteiger partial charge in [0.05, 0.1) is 6.54 Å². The van der Waals surface area contributed by atoms with Gasteiger partial charge < -0.3 is 19.4 Å². The van der Waals surface area contributed by atoms with E-state index in [0.717, 1.165) is 0 Å². The zero-order valence-electron chi connectivity index (χ0n) is 9.19. The summed E-state index contributed by atoms with van der Waals surface area (Å²) in [6.07, 6.45) is 1.41. The summed E-state index contributed by atoms with van der Waals surface area (Å²) in [4.78, 5) is 11.6. The number of nitrogens with one attached hydrogen (secondary N) is 1. The maximum atomic E-state index is 11.6. The molecule has 0 saturated heterocycles. The predicted molar refractivity (Wildman–Crippen MR) is 55.6 cm³/mol. The SMILES string of the molecule is COC(CNC(=O)c1cccn1C)OC. The number of hydrogen-bond acceptors (Lipinski definition) is 3. The normalized spacial score (nSPS) is 10.7. The first kappa shape index (κ1) is 11.7. The van der Waals surface area contributed by atoms with Crippen LogP contribution in [0.2, 0.25) is 0 Å². The minimum atomic E-state index is -0.408. The Bertz CT molecular complexity index is 318. The van der Waals surface area contributed by atoms with E-state index in [1.54, 1.807) is 10.6 Å². The molecule has 0 atom stereocenters. The summed E-state index contributed by atoms with van der Waals surface area (Å²) in [5.74, 6) is -0.137. The third-order valence-electron chi connectivity index (χ3n) is 2.13. The monoisotopic (exact) mass is 212 g/mol. The summed E-state index contributed by atoms with van der Waals surface area (Å²) in [5.41, 5.74) is 0.612. The van der Waals surface area contributed by atoms with Gasteiger partial charge in [-0.3, -0.25) is 4.79 Å². The van der Waals surface area contributed by atoms with Crippen molar-refractivity contribution in [3.63, 3.8) is 0 Å². The molecule has 0 fully saturated rings. The van der Waals surface area contributed by atoms with E-state index in [2.05, 4.69) is 5.32 Å². The van der Waals surface area contributed by atoms with Crippen LogP contribution in [0.15, 0.2) is 18.3 Å².